The van der Waals surface area contributed by atoms with Crippen molar-refractivity contribution in [2.75, 3.05) is 13.7 Å². The van der Waals surface area contributed by atoms with Crippen molar-refractivity contribution in [3.8, 4) is 0 Å². The van der Waals surface area contributed by atoms with Gasteiger partial charge < -0.3 is 69.3 Å². The van der Waals surface area contributed by atoms with Crippen LogP contribution in [0.15, 0.2) is 0 Å². The molecule has 3 fully saturated rings. The van der Waals surface area contributed by atoms with E-state index in [1.54, 1.807) is 0 Å². The van der Waals surface area contributed by atoms with Crippen molar-refractivity contribution < 1.29 is 74.1 Å². The van der Waals surface area contributed by atoms with Gasteiger partial charge in [0, 0.05) is 13.0 Å². The van der Waals surface area contributed by atoms with Crippen molar-refractivity contribution in [2.45, 2.75) is 99.9 Å². The number of aliphatic hydroxyl groups excluding tert-OH is 7. The Kier molecular flexibility index (Phi) is 9.42. The molecule has 8 N–H and O–H groups in total. The quantitative estimate of drug-likeness (QED) is 0.160. The summed E-state index contributed by atoms with van der Waals surface area (Å²) in [6.07, 6.45) is -21.2. The number of carbonyl (C=O) groups is 1. The number of ether oxygens (including phenoxy) is 6. The number of methoxy groups -OCH3 is 1. The molecular formula is C20H34O15. The molecule has 15 atom stereocenters. The monoisotopic (exact) mass is 514 g/mol. The number of carboxylic acids is 1. The first kappa shape index (κ1) is 28.5. The third kappa shape index (κ3) is 5.62. The van der Waals surface area contributed by atoms with Crippen LogP contribution in [0.5, 0.6) is 0 Å². The van der Waals surface area contributed by atoms with E-state index >= 15 is 0 Å². The van der Waals surface area contributed by atoms with Crippen LogP contribution < -0.4 is 0 Å². The fourth-order valence-electron chi connectivity index (χ4n) is 4.36. The van der Waals surface area contributed by atoms with E-state index in [4.69, 9.17) is 28.4 Å². The van der Waals surface area contributed by atoms with E-state index in [1.807, 2.05) is 0 Å². The lowest BCUT2D eigenvalue weighted by atomic mass is 9.90. The standard InChI is InChI=1S/C20H34O15/c1-5-8(22)12(26)19(33-14(5)17(28)29)34-15-10(24)7(4-21)32-20(30-3)16(15)35-18-13(27)11(25)9(23)6(2)31-18/h5-16,18-27H,4H2,1-3H3,(H,28,29)/t5-,6?,7?,8?,9?,10-,11?,12?,13?,14?,15?,16?,18+,19?,20?/m0/s1. The average molecular weight is 514 g/mol. The van der Waals surface area contributed by atoms with Crippen molar-refractivity contribution in [3.05, 3.63) is 0 Å². The van der Waals surface area contributed by atoms with Crippen molar-refractivity contribution in [2.24, 2.45) is 5.92 Å². The molecule has 3 aliphatic rings. The van der Waals surface area contributed by atoms with Gasteiger partial charge in [-0.15, -0.1) is 0 Å². The molecule has 15 heteroatoms. The van der Waals surface area contributed by atoms with Crippen molar-refractivity contribution in [3.63, 3.8) is 0 Å². The molecule has 3 aliphatic heterocycles. The maximum atomic E-state index is 11.6. The largest absolute Gasteiger partial charge is 0.479 e. The molecule has 0 spiro atoms. The molecule has 0 aliphatic carbocycles. The summed E-state index contributed by atoms with van der Waals surface area (Å²) in [5, 5.41) is 81.0. The fraction of sp³-hybridized carbons (Fsp3) is 0.950. The highest BCUT2D eigenvalue weighted by molar-refractivity contribution is 5.73. The summed E-state index contributed by atoms with van der Waals surface area (Å²) in [6.45, 7) is 2.10. The molecule has 0 aromatic carbocycles. The van der Waals surface area contributed by atoms with Crippen LogP contribution in [0, 0.1) is 5.92 Å². The lowest BCUT2D eigenvalue weighted by molar-refractivity contribution is -0.385. The zero-order chi connectivity index (χ0) is 26.2. The van der Waals surface area contributed by atoms with Gasteiger partial charge in [-0.05, 0) is 6.92 Å². The van der Waals surface area contributed by atoms with E-state index in [1.165, 1.54) is 21.0 Å². The van der Waals surface area contributed by atoms with Crippen LogP contribution in [0.2, 0.25) is 0 Å². The molecule has 0 radical (unpaired) electrons. The van der Waals surface area contributed by atoms with Gasteiger partial charge in [-0.25, -0.2) is 4.79 Å². The van der Waals surface area contributed by atoms with Gasteiger partial charge in [-0.2, -0.15) is 0 Å². The molecule has 0 aromatic heterocycles. The van der Waals surface area contributed by atoms with Crippen molar-refractivity contribution in [1.82, 2.24) is 0 Å². The predicted molar refractivity (Wildman–Crippen MR) is 108 cm³/mol. The molecule has 0 amide bonds. The van der Waals surface area contributed by atoms with Crippen LogP contribution in [0.4, 0.5) is 0 Å². The zero-order valence-electron chi connectivity index (χ0n) is 19.3. The van der Waals surface area contributed by atoms with Crippen LogP contribution in [-0.2, 0) is 33.2 Å². The smallest absolute Gasteiger partial charge is 0.333 e. The van der Waals surface area contributed by atoms with Gasteiger partial charge in [0.15, 0.2) is 25.0 Å². The lowest BCUT2D eigenvalue weighted by Gasteiger charge is -2.48. The summed E-state index contributed by atoms with van der Waals surface area (Å²) in [7, 11) is 1.21. The summed E-state index contributed by atoms with van der Waals surface area (Å²) < 4.78 is 32.9. The Morgan fingerprint density at radius 3 is 1.89 bits per heavy atom. The van der Waals surface area contributed by atoms with Crippen LogP contribution in [0.25, 0.3) is 0 Å². The highest BCUT2D eigenvalue weighted by atomic mass is 16.8. The second-order valence-corrected chi connectivity index (χ2v) is 8.94. The number of carboxylic acid groups (broad SMARTS) is 1. The van der Waals surface area contributed by atoms with Crippen LogP contribution in [-0.4, -0.2) is 147 Å². The molecule has 3 rings (SSSR count). The molecule has 0 aromatic rings. The van der Waals surface area contributed by atoms with Gasteiger partial charge in [-0.3, -0.25) is 0 Å². The minimum Gasteiger partial charge on any atom is -0.479 e. The summed E-state index contributed by atoms with van der Waals surface area (Å²) in [5.41, 5.74) is 0. The summed E-state index contributed by atoms with van der Waals surface area (Å²) in [6, 6.07) is 0. The lowest BCUT2D eigenvalue weighted by Crippen LogP contribution is -2.66. The molecule has 3 saturated heterocycles. The molecule has 204 valence electrons. The number of aliphatic hydroxyl groups is 7. The Bertz CT molecular complexity index is 710. The Morgan fingerprint density at radius 2 is 1.31 bits per heavy atom. The van der Waals surface area contributed by atoms with Crippen molar-refractivity contribution in [1.29, 1.82) is 0 Å². The van der Waals surface area contributed by atoms with Gasteiger partial charge in [0.2, 0.25) is 0 Å². The van der Waals surface area contributed by atoms with Gasteiger partial charge in [0.05, 0.1) is 18.8 Å². The van der Waals surface area contributed by atoms with Gasteiger partial charge in [0.25, 0.3) is 0 Å². The van der Waals surface area contributed by atoms with Crippen LogP contribution in [0.1, 0.15) is 13.8 Å². The summed E-state index contributed by atoms with van der Waals surface area (Å²) >= 11 is 0. The second kappa shape index (κ2) is 11.6. The average Bonchev–Trinajstić information content (AvgIpc) is 2.82. The number of aliphatic carboxylic acids is 1. The van der Waals surface area contributed by atoms with Gasteiger partial charge in [0.1, 0.15) is 48.8 Å². The molecule has 0 bridgehead atoms. The summed E-state index contributed by atoms with van der Waals surface area (Å²) in [4.78, 5) is 11.6. The van der Waals surface area contributed by atoms with E-state index in [0.717, 1.165) is 0 Å². The molecular weight excluding hydrogens is 480 g/mol. The first-order valence-corrected chi connectivity index (χ1v) is 11.1. The van der Waals surface area contributed by atoms with Gasteiger partial charge >= 0.3 is 5.97 Å². The fourth-order valence-corrected chi connectivity index (χ4v) is 4.36. The molecule has 15 nitrogen and oxygen atoms in total. The first-order chi connectivity index (χ1) is 16.4. The Morgan fingerprint density at radius 1 is 0.743 bits per heavy atom. The van der Waals surface area contributed by atoms with E-state index in [9.17, 15) is 45.6 Å². The summed E-state index contributed by atoms with van der Waals surface area (Å²) in [5.74, 6) is -2.41. The number of hydrogen-bond acceptors (Lipinski definition) is 14. The Labute approximate surface area is 200 Å². The minimum atomic E-state index is -1.76. The van der Waals surface area contributed by atoms with Crippen molar-refractivity contribution >= 4 is 5.97 Å². The zero-order valence-corrected chi connectivity index (χ0v) is 19.3. The van der Waals surface area contributed by atoms with E-state index < -0.39 is 105 Å². The van der Waals surface area contributed by atoms with E-state index in [-0.39, 0.29) is 0 Å². The topological polar surface area (TPSA) is 234 Å². The highest BCUT2D eigenvalue weighted by Crippen LogP contribution is 2.34. The maximum absolute atomic E-state index is 11.6. The van der Waals surface area contributed by atoms with Crippen LogP contribution >= 0.6 is 0 Å². The molecule has 0 saturated carbocycles. The number of hydrogen-bond donors (Lipinski definition) is 8. The minimum absolute atomic E-state index is 0.691. The number of rotatable bonds is 7. The molecule has 12 unspecified atom stereocenters. The molecule has 3 heterocycles. The van der Waals surface area contributed by atoms with Gasteiger partial charge in [-0.1, -0.05) is 6.92 Å². The SMILES string of the molecule is COC1OC(CO)[C@H](O)C(OC2OC(C(=O)O)[C@@H](C)C(O)C2O)C1O[C@H]1OC(C)C(O)C(O)C1O. The molecule has 35 heavy (non-hydrogen) atoms. The van der Waals surface area contributed by atoms with Crippen LogP contribution in [0.3, 0.4) is 0 Å². The normalized spacial score (nSPS) is 51.2. The highest BCUT2D eigenvalue weighted by Gasteiger charge is 2.54. The maximum Gasteiger partial charge on any atom is 0.333 e. The van der Waals surface area contributed by atoms with E-state index in [2.05, 4.69) is 0 Å². The Hall–Kier alpha value is -1.05. The third-order valence-corrected chi connectivity index (χ3v) is 6.59. The first-order valence-electron chi connectivity index (χ1n) is 11.1. The van der Waals surface area contributed by atoms with E-state index in [0.29, 0.717) is 0 Å². The Balaban J connectivity index is 1.88. The third-order valence-electron chi connectivity index (χ3n) is 6.59. The predicted octanol–water partition coefficient (Wildman–Crippen LogP) is -4.52. The second-order valence-electron chi connectivity index (χ2n) is 8.94.